The van der Waals surface area contributed by atoms with Gasteiger partial charge in [0.25, 0.3) is 0 Å². The summed E-state index contributed by atoms with van der Waals surface area (Å²) < 4.78 is 14.7. The topological polar surface area (TPSA) is 165 Å². The number of aliphatic hydroxyl groups is 3. The molecule has 4 atom stereocenters. The Balaban J connectivity index is 2.76. The molecular formula is C8H15O9P. The van der Waals surface area contributed by atoms with E-state index in [9.17, 15) is 24.7 Å². The number of phosphoric acid groups is 1. The van der Waals surface area contributed by atoms with Crippen LogP contribution in [0.4, 0.5) is 0 Å². The minimum atomic E-state index is -4.77. The maximum Gasteiger partial charge on any atom is 0.469 e. The van der Waals surface area contributed by atoms with Crippen molar-refractivity contribution in [1.29, 1.82) is 0 Å². The second-order valence-corrected chi connectivity index (χ2v) is 5.59. The Kier molecular flexibility index (Phi) is 4.50. The van der Waals surface area contributed by atoms with Gasteiger partial charge in [-0.2, -0.15) is 0 Å². The largest absolute Gasteiger partial charge is 0.479 e. The zero-order valence-electron chi connectivity index (χ0n) is 9.21. The molecule has 0 aromatic rings. The quantitative estimate of drug-likeness (QED) is 0.322. The molecule has 1 aliphatic rings. The second-order valence-electron chi connectivity index (χ2n) is 4.35. The fourth-order valence-corrected chi connectivity index (χ4v) is 2.33. The van der Waals surface area contributed by atoms with Crippen LogP contribution in [0, 0.1) is 5.92 Å². The van der Waals surface area contributed by atoms with Crippen LogP contribution in [0.2, 0.25) is 0 Å². The molecular weight excluding hydrogens is 271 g/mol. The Morgan fingerprint density at radius 3 is 2.33 bits per heavy atom. The van der Waals surface area contributed by atoms with E-state index in [2.05, 4.69) is 4.52 Å². The molecule has 1 fully saturated rings. The maximum absolute atomic E-state index is 10.8. The number of hydrogen-bond acceptors (Lipinski definition) is 6. The van der Waals surface area contributed by atoms with Gasteiger partial charge in [0.15, 0.2) is 5.60 Å². The molecule has 1 saturated carbocycles. The third kappa shape index (κ3) is 3.72. The average molecular weight is 286 g/mol. The molecule has 0 saturated heterocycles. The smallest absolute Gasteiger partial charge is 0.469 e. The van der Waals surface area contributed by atoms with Crippen LogP contribution in [0.25, 0.3) is 0 Å². The monoisotopic (exact) mass is 286 g/mol. The normalized spacial score (nSPS) is 37.5. The summed E-state index contributed by atoms with van der Waals surface area (Å²) in [5.74, 6) is -2.67. The molecule has 18 heavy (non-hydrogen) atoms. The Bertz CT molecular complexity index is 366. The molecule has 0 spiro atoms. The molecule has 0 aromatic carbocycles. The highest BCUT2D eigenvalue weighted by Crippen LogP contribution is 2.40. The minimum absolute atomic E-state index is 0.472. The third-order valence-corrected chi connectivity index (χ3v) is 3.36. The van der Waals surface area contributed by atoms with E-state index >= 15 is 0 Å². The summed E-state index contributed by atoms with van der Waals surface area (Å²) in [6, 6.07) is 0. The standard InChI is InChI=1S/C8H15O9P/c9-5-2-8(13,7(11)12)1-4(6(5)10)3-17-18(14,15)16/h4-6,9-10,13H,1-3H2,(H,11,12)(H2,14,15,16)/t4-,5-,6-,8+/m1/s1. The van der Waals surface area contributed by atoms with E-state index in [0.717, 1.165) is 0 Å². The lowest BCUT2D eigenvalue weighted by Crippen LogP contribution is -2.54. The Morgan fingerprint density at radius 2 is 1.89 bits per heavy atom. The Hall–Kier alpha value is -0.540. The fourth-order valence-electron chi connectivity index (χ4n) is 1.94. The first-order valence-electron chi connectivity index (χ1n) is 5.07. The van der Waals surface area contributed by atoms with E-state index in [4.69, 9.17) is 14.9 Å². The van der Waals surface area contributed by atoms with Crippen LogP contribution in [-0.4, -0.2) is 60.6 Å². The molecule has 0 aromatic heterocycles. The van der Waals surface area contributed by atoms with Gasteiger partial charge >= 0.3 is 13.8 Å². The molecule has 0 bridgehead atoms. The summed E-state index contributed by atoms with van der Waals surface area (Å²) >= 11 is 0. The molecule has 9 nitrogen and oxygen atoms in total. The van der Waals surface area contributed by atoms with Crippen LogP contribution in [0.5, 0.6) is 0 Å². The highest BCUT2D eigenvalue weighted by Gasteiger charge is 2.49. The Morgan fingerprint density at radius 1 is 1.33 bits per heavy atom. The molecule has 106 valence electrons. The summed E-state index contributed by atoms with van der Waals surface area (Å²) in [4.78, 5) is 27.8. The maximum atomic E-state index is 10.8. The van der Waals surface area contributed by atoms with Gasteiger partial charge in [-0.05, 0) is 6.42 Å². The number of carbonyl (C=O) groups is 1. The molecule has 0 heterocycles. The van der Waals surface area contributed by atoms with Crippen LogP contribution < -0.4 is 0 Å². The minimum Gasteiger partial charge on any atom is -0.479 e. The van der Waals surface area contributed by atoms with Gasteiger partial charge < -0.3 is 30.2 Å². The summed E-state index contributed by atoms with van der Waals surface area (Å²) in [5.41, 5.74) is -2.25. The molecule has 6 N–H and O–H groups in total. The van der Waals surface area contributed by atoms with Gasteiger partial charge in [-0.25, -0.2) is 9.36 Å². The summed E-state index contributed by atoms with van der Waals surface area (Å²) in [7, 11) is -4.77. The van der Waals surface area contributed by atoms with E-state index < -0.39 is 57.0 Å². The molecule has 1 aliphatic carbocycles. The van der Waals surface area contributed by atoms with Gasteiger partial charge in [0.1, 0.15) is 0 Å². The number of aliphatic carboxylic acids is 1. The predicted octanol–water partition coefficient (Wildman–Crippen LogP) is -1.96. The van der Waals surface area contributed by atoms with E-state index in [1.54, 1.807) is 0 Å². The number of carboxylic acids is 1. The van der Waals surface area contributed by atoms with Crippen LogP contribution in [0.1, 0.15) is 12.8 Å². The van der Waals surface area contributed by atoms with Crippen LogP contribution in [0.15, 0.2) is 0 Å². The van der Waals surface area contributed by atoms with E-state index in [0.29, 0.717) is 0 Å². The zero-order chi connectivity index (χ0) is 14.1. The van der Waals surface area contributed by atoms with Gasteiger partial charge in [-0.15, -0.1) is 0 Å². The molecule has 0 amide bonds. The van der Waals surface area contributed by atoms with Crippen LogP contribution in [0.3, 0.4) is 0 Å². The molecule has 0 aliphatic heterocycles. The highest BCUT2D eigenvalue weighted by molar-refractivity contribution is 7.46. The third-order valence-electron chi connectivity index (χ3n) is 2.88. The number of hydrogen-bond donors (Lipinski definition) is 6. The SMILES string of the molecule is O=C(O)[C@]1(O)C[C@H](COP(=O)(O)O)[C@@H](O)[C@H](O)C1. The van der Waals surface area contributed by atoms with Crippen LogP contribution in [-0.2, 0) is 13.9 Å². The van der Waals surface area contributed by atoms with Crippen molar-refractivity contribution < 1.29 is 44.1 Å². The Labute approximate surface area is 102 Å². The number of rotatable bonds is 4. The van der Waals surface area contributed by atoms with Crippen molar-refractivity contribution in [2.24, 2.45) is 5.92 Å². The van der Waals surface area contributed by atoms with Gasteiger partial charge in [-0.1, -0.05) is 0 Å². The van der Waals surface area contributed by atoms with Crippen molar-refractivity contribution in [3.05, 3.63) is 0 Å². The summed E-state index contributed by atoms with van der Waals surface area (Å²) in [5, 5.41) is 37.5. The lowest BCUT2D eigenvalue weighted by molar-refractivity contribution is -0.180. The summed E-state index contributed by atoms with van der Waals surface area (Å²) in [6.45, 7) is -0.669. The molecule has 0 radical (unpaired) electrons. The second kappa shape index (κ2) is 5.22. The molecule has 0 unspecified atom stereocenters. The number of carboxylic acid groups (broad SMARTS) is 1. The van der Waals surface area contributed by atoms with Crippen molar-refractivity contribution >= 4 is 13.8 Å². The predicted molar refractivity (Wildman–Crippen MR) is 55.3 cm³/mol. The average Bonchev–Trinajstić information content (AvgIpc) is 2.20. The lowest BCUT2D eigenvalue weighted by atomic mass is 9.75. The molecule has 10 heteroatoms. The fraction of sp³-hybridized carbons (Fsp3) is 0.875. The first-order chi connectivity index (χ1) is 8.05. The number of phosphoric ester groups is 1. The van der Waals surface area contributed by atoms with E-state index in [1.807, 2.05) is 0 Å². The van der Waals surface area contributed by atoms with Crippen LogP contribution >= 0.6 is 7.82 Å². The summed E-state index contributed by atoms with van der Waals surface area (Å²) in [6.07, 6.45) is -3.96. The van der Waals surface area contributed by atoms with E-state index in [-0.39, 0.29) is 0 Å². The van der Waals surface area contributed by atoms with Gasteiger partial charge in [-0.3, -0.25) is 4.52 Å². The highest BCUT2D eigenvalue weighted by atomic mass is 31.2. The molecule has 1 rings (SSSR count). The van der Waals surface area contributed by atoms with Crippen molar-refractivity contribution in [3.8, 4) is 0 Å². The number of aliphatic hydroxyl groups excluding tert-OH is 2. The first kappa shape index (κ1) is 15.5. The van der Waals surface area contributed by atoms with Gasteiger partial charge in [0.05, 0.1) is 18.8 Å². The van der Waals surface area contributed by atoms with Gasteiger partial charge in [0.2, 0.25) is 0 Å². The van der Waals surface area contributed by atoms with Crippen molar-refractivity contribution in [2.75, 3.05) is 6.61 Å². The van der Waals surface area contributed by atoms with Crippen molar-refractivity contribution in [2.45, 2.75) is 30.7 Å². The first-order valence-corrected chi connectivity index (χ1v) is 6.60. The van der Waals surface area contributed by atoms with Crippen molar-refractivity contribution in [3.63, 3.8) is 0 Å². The van der Waals surface area contributed by atoms with Gasteiger partial charge in [0, 0.05) is 12.3 Å². The van der Waals surface area contributed by atoms with E-state index in [1.165, 1.54) is 0 Å². The van der Waals surface area contributed by atoms with Crippen molar-refractivity contribution in [1.82, 2.24) is 0 Å². The lowest BCUT2D eigenvalue weighted by Gasteiger charge is -2.39. The zero-order valence-corrected chi connectivity index (χ0v) is 10.1.